The second-order valence-corrected chi connectivity index (χ2v) is 4.61. The molecule has 0 bridgehead atoms. The van der Waals surface area contributed by atoms with E-state index in [1.807, 2.05) is 0 Å². The highest BCUT2D eigenvalue weighted by Gasteiger charge is 2.08. The van der Waals surface area contributed by atoms with Gasteiger partial charge in [0.2, 0.25) is 0 Å². The average molecular weight is 261 g/mol. The van der Waals surface area contributed by atoms with Crippen LogP contribution >= 0.6 is 0 Å². The van der Waals surface area contributed by atoms with Gasteiger partial charge in [-0.15, -0.1) is 0 Å². The van der Waals surface area contributed by atoms with E-state index in [2.05, 4.69) is 17.5 Å². The van der Waals surface area contributed by atoms with Gasteiger partial charge in [-0.3, -0.25) is 0 Å². The van der Waals surface area contributed by atoms with E-state index in [9.17, 15) is 4.79 Å². The molecule has 0 amide bonds. The van der Waals surface area contributed by atoms with Crippen molar-refractivity contribution in [3.63, 3.8) is 0 Å². The van der Waals surface area contributed by atoms with Gasteiger partial charge in [-0.25, -0.2) is 4.79 Å². The molecule has 4 heteroatoms. The van der Waals surface area contributed by atoms with Crippen molar-refractivity contribution in [1.29, 1.82) is 0 Å². The van der Waals surface area contributed by atoms with E-state index >= 15 is 0 Å². The minimum atomic E-state index is -0.918. The van der Waals surface area contributed by atoms with Crippen molar-refractivity contribution in [2.75, 3.05) is 13.2 Å². The molecule has 19 heavy (non-hydrogen) atoms. The molecule has 0 spiro atoms. The predicted molar refractivity (Wildman–Crippen MR) is 73.7 cm³/mol. The summed E-state index contributed by atoms with van der Waals surface area (Å²) in [7, 11) is 0. The summed E-state index contributed by atoms with van der Waals surface area (Å²) in [6.07, 6.45) is 7.86. The van der Waals surface area contributed by atoms with E-state index in [-0.39, 0.29) is 5.56 Å². The molecular formula is C15H19NO3. The Balaban J connectivity index is 1.67. The number of nitrogens with one attached hydrogen (secondary N) is 1. The molecule has 102 valence electrons. The molecule has 0 aliphatic heterocycles. The summed E-state index contributed by atoms with van der Waals surface area (Å²) < 4.78 is 5.56. The van der Waals surface area contributed by atoms with E-state index in [0.29, 0.717) is 18.4 Å². The number of aromatic carboxylic acids is 1. The number of hydrogen-bond donors (Lipinski definition) is 2. The van der Waals surface area contributed by atoms with Crippen LogP contribution in [0.1, 0.15) is 29.6 Å². The SMILES string of the molecule is O=C(O)c1ccc(OCCNC2CC=CCC2)cc1. The number of carboxylic acids is 1. The molecule has 2 rings (SSSR count). The average Bonchev–Trinajstić information content (AvgIpc) is 2.45. The number of allylic oxidation sites excluding steroid dienone is 1. The highest BCUT2D eigenvalue weighted by Crippen LogP contribution is 2.12. The van der Waals surface area contributed by atoms with Crippen LogP contribution in [0, 0.1) is 0 Å². The third kappa shape index (κ3) is 4.41. The number of benzene rings is 1. The van der Waals surface area contributed by atoms with Gasteiger partial charge in [0.15, 0.2) is 0 Å². The number of ether oxygens (including phenoxy) is 1. The monoisotopic (exact) mass is 261 g/mol. The summed E-state index contributed by atoms with van der Waals surface area (Å²) in [5.74, 6) is -0.214. The fraction of sp³-hybridized carbons (Fsp3) is 0.400. The second-order valence-electron chi connectivity index (χ2n) is 4.61. The standard InChI is InChI=1S/C15H19NO3/c17-15(18)12-6-8-14(9-7-12)19-11-10-16-13-4-2-1-3-5-13/h1-2,6-9,13,16H,3-5,10-11H2,(H,17,18). The topological polar surface area (TPSA) is 58.6 Å². The molecule has 1 aromatic rings. The maximum atomic E-state index is 10.7. The van der Waals surface area contributed by atoms with Crippen molar-refractivity contribution in [3.05, 3.63) is 42.0 Å². The predicted octanol–water partition coefficient (Wildman–Crippen LogP) is 2.46. The van der Waals surface area contributed by atoms with Crippen LogP contribution in [0.5, 0.6) is 5.75 Å². The second kappa shape index (κ2) is 6.95. The van der Waals surface area contributed by atoms with E-state index in [1.165, 1.54) is 6.42 Å². The lowest BCUT2D eigenvalue weighted by atomic mass is 10.0. The molecule has 0 saturated heterocycles. The molecule has 1 atom stereocenters. The van der Waals surface area contributed by atoms with Gasteiger partial charge in [-0.1, -0.05) is 12.2 Å². The van der Waals surface area contributed by atoms with Crippen molar-refractivity contribution >= 4 is 5.97 Å². The quantitative estimate of drug-likeness (QED) is 0.610. The Kier molecular flexibility index (Phi) is 4.98. The number of carbonyl (C=O) groups is 1. The van der Waals surface area contributed by atoms with Gasteiger partial charge in [0, 0.05) is 12.6 Å². The van der Waals surface area contributed by atoms with E-state index in [1.54, 1.807) is 24.3 Å². The van der Waals surface area contributed by atoms with Crippen molar-refractivity contribution in [2.45, 2.75) is 25.3 Å². The Morgan fingerprint density at radius 3 is 2.74 bits per heavy atom. The molecule has 0 fully saturated rings. The lowest BCUT2D eigenvalue weighted by molar-refractivity contribution is 0.0697. The summed E-state index contributed by atoms with van der Waals surface area (Å²) in [6.45, 7) is 1.39. The van der Waals surface area contributed by atoms with Crippen LogP contribution in [-0.2, 0) is 0 Å². The molecule has 1 unspecified atom stereocenters. The van der Waals surface area contributed by atoms with Crippen molar-refractivity contribution in [3.8, 4) is 5.75 Å². The fourth-order valence-corrected chi connectivity index (χ4v) is 2.10. The van der Waals surface area contributed by atoms with Crippen molar-refractivity contribution in [2.24, 2.45) is 0 Å². The third-order valence-electron chi connectivity index (χ3n) is 3.17. The largest absolute Gasteiger partial charge is 0.492 e. The van der Waals surface area contributed by atoms with Gasteiger partial charge in [0.05, 0.1) is 5.56 Å². The first kappa shape index (κ1) is 13.6. The van der Waals surface area contributed by atoms with E-state index in [4.69, 9.17) is 9.84 Å². The van der Waals surface area contributed by atoms with Crippen LogP contribution in [0.4, 0.5) is 0 Å². The molecule has 0 aromatic heterocycles. The molecule has 2 N–H and O–H groups in total. The van der Waals surface area contributed by atoms with Gasteiger partial charge in [-0.2, -0.15) is 0 Å². The lowest BCUT2D eigenvalue weighted by Gasteiger charge is -2.19. The summed E-state index contributed by atoms with van der Waals surface area (Å²) in [5, 5.41) is 12.2. The number of hydrogen-bond acceptors (Lipinski definition) is 3. The molecule has 1 aromatic carbocycles. The zero-order valence-electron chi connectivity index (χ0n) is 10.8. The molecule has 0 heterocycles. The van der Waals surface area contributed by atoms with Gasteiger partial charge >= 0.3 is 5.97 Å². The fourth-order valence-electron chi connectivity index (χ4n) is 2.10. The first-order valence-corrected chi connectivity index (χ1v) is 6.60. The highest BCUT2D eigenvalue weighted by molar-refractivity contribution is 5.87. The van der Waals surface area contributed by atoms with Gasteiger partial charge in [0.1, 0.15) is 12.4 Å². The van der Waals surface area contributed by atoms with Crippen LogP contribution in [-0.4, -0.2) is 30.3 Å². The maximum absolute atomic E-state index is 10.7. The number of rotatable bonds is 6. The molecule has 4 nitrogen and oxygen atoms in total. The van der Waals surface area contributed by atoms with Crippen molar-refractivity contribution < 1.29 is 14.6 Å². The minimum Gasteiger partial charge on any atom is -0.492 e. The minimum absolute atomic E-state index is 0.277. The summed E-state index contributed by atoms with van der Waals surface area (Å²) in [4.78, 5) is 10.7. The Morgan fingerprint density at radius 1 is 1.32 bits per heavy atom. The van der Waals surface area contributed by atoms with E-state index in [0.717, 1.165) is 19.4 Å². The van der Waals surface area contributed by atoms with Gasteiger partial charge in [-0.05, 0) is 43.5 Å². The third-order valence-corrected chi connectivity index (χ3v) is 3.17. The molecule has 0 saturated carbocycles. The Hall–Kier alpha value is -1.81. The Labute approximate surface area is 113 Å². The lowest BCUT2D eigenvalue weighted by Crippen LogP contribution is -2.33. The summed E-state index contributed by atoms with van der Waals surface area (Å²) in [5.41, 5.74) is 0.277. The van der Waals surface area contributed by atoms with Crippen LogP contribution in [0.25, 0.3) is 0 Å². The highest BCUT2D eigenvalue weighted by atomic mass is 16.5. The molecule has 1 aliphatic carbocycles. The van der Waals surface area contributed by atoms with E-state index < -0.39 is 5.97 Å². The zero-order chi connectivity index (χ0) is 13.5. The molecule has 1 aliphatic rings. The first-order chi connectivity index (χ1) is 9.25. The molecular weight excluding hydrogens is 242 g/mol. The molecule has 0 radical (unpaired) electrons. The van der Waals surface area contributed by atoms with Crippen molar-refractivity contribution in [1.82, 2.24) is 5.32 Å². The maximum Gasteiger partial charge on any atom is 0.335 e. The Bertz CT molecular complexity index is 439. The smallest absolute Gasteiger partial charge is 0.335 e. The van der Waals surface area contributed by atoms with Crippen LogP contribution < -0.4 is 10.1 Å². The van der Waals surface area contributed by atoms with Crippen LogP contribution in [0.15, 0.2) is 36.4 Å². The van der Waals surface area contributed by atoms with Crippen LogP contribution in [0.2, 0.25) is 0 Å². The Morgan fingerprint density at radius 2 is 2.11 bits per heavy atom. The normalized spacial score (nSPS) is 18.2. The zero-order valence-corrected chi connectivity index (χ0v) is 10.8. The number of carboxylic acid groups (broad SMARTS) is 1. The summed E-state index contributed by atoms with van der Waals surface area (Å²) >= 11 is 0. The summed E-state index contributed by atoms with van der Waals surface area (Å²) in [6, 6.07) is 7.04. The van der Waals surface area contributed by atoms with Gasteiger partial charge in [0.25, 0.3) is 0 Å². The van der Waals surface area contributed by atoms with Gasteiger partial charge < -0.3 is 15.2 Å². The first-order valence-electron chi connectivity index (χ1n) is 6.60. The van der Waals surface area contributed by atoms with Crippen LogP contribution in [0.3, 0.4) is 0 Å².